The Morgan fingerprint density at radius 2 is 1.75 bits per heavy atom. The van der Waals surface area contributed by atoms with Crippen LogP contribution in [-0.2, 0) is 47.2 Å². The molecule has 4 aliphatic heterocycles. The second-order valence-corrected chi connectivity index (χ2v) is 21.1. The van der Waals surface area contributed by atoms with Crippen LogP contribution < -0.4 is 21.1 Å². The number of rotatable bonds is 8. The van der Waals surface area contributed by atoms with E-state index >= 15 is 0 Å². The molecule has 11 heteroatoms. The predicted octanol–water partition coefficient (Wildman–Crippen LogP) is 9.29. The van der Waals surface area contributed by atoms with Crippen LogP contribution in [0, 0.1) is 23.7 Å². The van der Waals surface area contributed by atoms with Gasteiger partial charge in [-0.25, -0.2) is 0 Å². The highest BCUT2D eigenvalue weighted by Crippen LogP contribution is 2.52. The van der Waals surface area contributed by atoms with Crippen molar-refractivity contribution in [1.82, 2.24) is 15.2 Å². The Kier molecular flexibility index (Phi) is 14.1. The van der Waals surface area contributed by atoms with Crippen molar-refractivity contribution in [1.29, 1.82) is 0 Å². The number of phenols is 3. The number of aromatic hydroxyl groups is 3. The van der Waals surface area contributed by atoms with Gasteiger partial charge in [0.25, 0.3) is 0 Å². The second-order valence-electron chi connectivity index (χ2n) is 21.1. The van der Waals surface area contributed by atoms with E-state index in [9.17, 15) is 20.4 Å². The van der Waals surface area contributed by atoms with Crippen molar-refractivity contribution in [2.45, 2.75) is 107 Å². The number of likely N-dealkylation sites (N-methyl/N-ethyl adjacent to an activating group) is 1. The number of fused-ring (bicyclic) bond motifs is 9. The predicted molar refractivity (Wildman–Crippen MR) is 285 cm³/mol. The zero-order valence-electron chi connectivity index (χ0n) is 41.8. The van der Waals surface area contributed by atoms with Crippen LogP contribution in [0.2, 0.25) is 0 Å². The molecule has 0 amide bonds. The fraction of sp³-hybridized carbons (Fsp3) is 0.387. The van der Waals surface area contributed by atoms with Crippen LogP contribution in [0.5, 0.6) is 23.0 Å². The van der Waals surface area contributed by atoms with Gasteiger partial charge in [-0.2, -0.15) is 0 Å². The Morgan fingerprint density at radius 1 is 0.863 bits per heavy atom. The van der Waals surface area contributed by atoms with Crippen LogP contribution in [0.15, 0.2) is 126 Å². The fourth-order valence-electron chi connectivity index (χ4n) is 12.5. The number of aliphatic hydroxyl groups excluding tert-OH is 1. The molecule has 11 rings (SSSR count). The van der Waals surface area contributed by atoms with Crippen molar-refractivity contribution in [2.75, 3.05) is 33.4 Å². The first-order chi connectivity index (χ1) is 35.6. The summed E-state index contributed by atoms with van der Waals surface area (Å²) < 4.78 is 22.1. The third-order valence-corrected chi connectivity index (χ3v) is 16.4. The van der Waals surface area contributed by atoms with Gasteiger partial charge in [0, 0.05) is 65.2 Å². The highest BCUT2D eigenvalue weighted by molar-refractivity contribution is 5.89. The van der Waals surface area contributed by atoms with Crippen LogP contribution in [0.25, 0.3) is 16.6 Å². The summed E-state index contributed by atoms with van der Waals surface area (Å²) in [5.74, 6) is 9.61. The Bertz CT molecular complexity index is 3140. The third-order valence-electron chi connectivity index (χ3n) is 16.4. The number of aromatic nitrogens is 1. The average Bonchev–Trinajstić information content (AvgIpc) is 3.82. The molecule has 1 aromatic heterocycles. The highest BCUT2D eigenvalue weighted by Gasteiger charge is 2.47. The number of nitrogens with zero attached hydrogens (tertiary/aromatic N) is 1. The Hall–Kier alpha value is -6.52. The molecule has 11 nitrogen and oxygen atoms in total. The van der Waals surface area contributed by atoms with E-state index in [0.29, 0.717) is 57.1 Å². The zero-order valence-corrected chi connectivity index (χ0v) is 41.8. The van der Waals surface area contributed by atoms with Gasteiger partial charge in [-0.1, -0.05) is 72.5 Å². The SMILES string of the molecule is CNCC1=C2C#CC(CCc3ccc(O)c(Cc4cccc(O)c4)c3)CCCC3CC(O)CCc4ccc(O)c(c4)OCc4cc(C56CCOCC5CCc5ccccc56)cc5cn(cc45)C(=C2CO3)NC1N. The lowest BCUT2D eigenvalue weighted by Crippen LogP contribution is -2.47. The van der Waals surface area contributed by atoms with Crippen molar-refractivity contribution < 1.29 is 34.6 Å². The van der Waals surface area contributed by atoms with Gasteiger partial charge in [0.1, 0.15) is 30.1 Å². The van der Waals surface area contributed by atoms with E-state index in [4.69, 9.17) is 19.9 Å². The number of dihydropyridines is 1. The molecule has 1 aliphatic carbocycles. The molecule has 8 N–H and O–H groups in total. The Balaban J connectivity index is 1.03. The smallest absolute Gasteiger partial charge is 0.161 e. The fourth-order valence-corrected chi connectivity index (χ4v) is 12.5. The molecule has 0 spiro atoms. The molecular formula is C62H68N4O7. The molecule has 6 unspecified atom stereocenters. The van der Waals surface area contributed by atoms with E-state index in [0.717, 1.165) is 112 Å². The first kappa shape index (κ1) is 48.7. The number of hydrogen-bond acceptors (Lipinski definition) is 10. The molecule has 6 aromatic rings. The lowest BCUT2D eigenvalue weighted by atomic mass is 9.57. The number of nitrogens with two attached hydrogens (primary N) is 1. The van der Waals surface area contributed by atoms with Crippen molar-refractivity contribution in [2.24, 2.45) is 17.6 Å². The minimum absolute atomic E-state index is 0.0462. The van der Waals surface area contributed by atoms with Gasteiger partial charge in [0.2, 0.25) is 0 Å². The second kappa shape index (κ2) is 21.1. The van der Waals surface area contributed by atoms with Crippen LogP contribution in [0.4, 0.5) is 0 Å². The van der Waals surface area contributed by atoms with E-state index in [1.54, 1.807) is 24.3 Å². The lowest BCUT2D eigenvalue weighted by Gasteiger charge is -2.49. The standard InChI is InChI=1S/C62H68N4O7/c1-64-33-53-52-21-15-39(12-13-40-16-22-57(69)44(26-40)27-42-7-4-9-49(67)28-42)6-5-10-51-32-50(68)20-14-41-17-23-58(70)59(29-41)73-36-46-31-48(62-24-25-71-37-47(62)19-18-43-8-2-3-11-56(43)62)30-45-34-66(35-54(45)46)61(65-60(53)63)55(52)38-72-51/h2-4,7-9,11,16-17,22-23,26,28-31,34-35,39,47,50-51,60,64-65,67-70H,5-6,10,12-14,18-20,24-25,27,32-33,36-38,63H2,1H3. The number of ether oxygens (including phenoxy) is 3. The molecule has 1 saturated heterocycles. The van der Waals surface area contributed by atoms with Gasteiger partial charge in [0.15, 0.2) is 11.5 Å². The van der Waals surface area contributed by atoms with Crippen molar-refractivity contribution in [3.8, 4) is 34.8 Å². The highest BCUT2D eigenvalue weighted by atomic mass is 16.5. The Morgan fingerprint density at radius 3 is 2.64 bits per heavy atom. The monoisotopic (exact) mass is 981 g/mol. The largest absolute Gasteiger partial charge is 0.508 e. The molecular weight excluding hydrogens is 913 g/mol. The number of nitrogens with one attached hydrogen (secondary N) is 2. The van der Waals surface area contributed by atoms with Gasteiger partial charge in [-0.3, -0.25) is 0 Å². The Labute approximate surface area is 428 Å². The number of benzene rings is 5. The summed E-state index contributed by atoms with van der Waals surface area (Å²) in [7, 11) is 1.93. The lowest BCUT2D eigenvalue weighted by molar-refractivity contribution is 0.00498. The number of hydrogen-bond donors (Lipinski definition) is 7. The summed E-state index contributed by atoms with van der Waals surface area (Å²) in [5, 5.41) is 53.1. The number of aryl methyl sites for hydroxylation is 3. The molecule has 1 fully saturated rings. The first-order valence-corrected chi connectivity index (χ1v) is 26.4. The van der Waals surface area contributed by atoms with Crippen molar-refractivity contribution in [3.05, 3.63) is 171 Å². The van der Waals surface area contributed by atoms with Gasteiger partial charge in [-0.05, 0) is 170 Å². The molecule has 378 valence electrons. The molecule has 5 aliphatic rings. The van der Waals surface area contributed by atoms with Crippen molar-refractivity contribution >= 4 is 16.6 Å². The van der Waals surface area contributed by atoms with E-state index in [1.165, 1.54) is 16.7 Å². The van der Waals surface area contributed by atoms with Gasteiger partial charge in [-0.15, -0.1) is 0 Å². The van der Waals surface area contributed by atoms with E-state index < -0.39 is 12.3 Å². The minimum Gasteiger partial charge on any atom is -0.508 e. The quantitative estimate of drug-likeness (QED) is 0.0732. The number of phenolic OH excluding ortho intramolecular Hbond substituents is 3. The summed E-state index contributed by atoms with van der Waals surface area (Å²) in [6, 6.07) is 32.2. The topological polar surface area (TPSA) is 164 Å². The molecule has 0 saturated carbocycles. The van der Waals surface area contributed by atoms with E-state index in [-0.39, 0.29) is 47.9 Å². The van der Waals surface area contributed by atoms with Gasteiger partial charge in [0.05, 0.1) is 25.4 Å². The first-order valence-electron chi connectivity index (χ1n) is 26.4. The summed E-state index contributed by atoms with van der Waals surface area (Å²) in [6.45, 7) is 2.40. The summed E-state index contributed by atoms with van der Waals surface area (Å²) in [4.78, 5) is 0. The van der Waals surface area contributed by atoms with E-state index in [2.05, 4.69) is 81.9 Å². The summed E-state index contributed by atoms with van der Waals surface area (Å²) in [6.07, 6.45) is 12.1. The van der Waals surface area contributed by atoms with Crippen molar-refractivity contribution in [3.63, 3.8) is 0 Å². The van der Waals surface area contributed by atoms with Crippen LogP contribution >= 0.6 is 0 Å². The molecule has 5 aromatic carbocycles. The van der Waals surface area contributed by atoms with Crippen LogP contribution in [0.3, 0.4) is 0 Å². The average molecular weight is 981 g/mol. The maximum absolute atomic E-state index is 11.7. The maximum Gasteiger partial charge on any atom is 0.161 e. The van der Waals surface area contributed by atoms with Crippen LogP contribution in [-0.4, -0.2) is 76.8 Å². The molecule has 0 radical (unpaired) electrons. The number of aliphatic hydroxyl groups is 1. The van der Waals surface area contributed by atoms with Gasteiger partial charge >= 0.3 is 0 Å². The van der Waals surface area contributed by atoms with Gasteiger partial charge < -0.3 is 55.6 Å². The molecule has 6 bridgehead atoms. The summed E-state index contributed by atoms with van der Waals surface area (Å²) in [5.41, 5.74) is 18.5. The van der Waals surface area contributed by atoms with E-state index in [1.807, 2.05) is 37.4 Å². The maximum atomic E-state index is 11.7. The molecule has 73 heavy (non-hydrogen) atoms. The third kappa shape index (κ3) is 10.1. The normalized spacial score (nSPS) is 24.3. The van der Waals surface area contributed by atoms with Crippen LogP contribution in [0.1, 0.15) is 95.9 Å². The minimum atomic E-state index is -0.620. The zero-order chi connectivity index (χ0) is 50.1. The molecule has 6 atom stereocenters. The molecule has 5 heterocycles. The summed E-state index contributed by atoms with van der Waals surface area (Å²) >= 11 is 0.